The first-order valence-corrected chi connectivity index (χ1v) is 9.61. The van der Waals surface area contributed by atoms with Crippen molar-refractivity contribution in [3.05, 3.63) is 70.5 Å². The number of hydrogen-bond acceptors (Lipinski definition) is 2. The summed E-state index contributed by atoms with van der Waals surface area (Å²) >= 11 is 6.00. The van der Waals surface area contributed by atoms with Gasteiger partial charge < -0.3 is 16.0 Å². The average Bonchev–Trinajstić information content (AvgIpc) is 2.67. The Bertz CT molecular complexity index is 798. The summed E-state index contributed by atoms with van der Waals surface area (Å²) in [5.74, 6) is -0.590. The molecule has 7 heteroatoms. The molecule has 0 bridgehead atoms. The van der Waals surface area contributed by atoms with Gasteiger partial charge in [0.2, 0.25) is 5.91 Å². The van der Waals surface area contributed by atoms with Crippen LogP contribution in [0.2, 0.25) is 5.02 Å². The van der Waals surface area contributed by atoms with Gasteiger partial charge in [-0.25, -0.2) is 9.18 Å². The van der Waals surface area contributed by atoms with Crippen LogP contribution < -0.4 is 16.0 Å². The van der Waals surface area contributed by atoms with Crippen LogP contribution in [0, 0.1) is 5.82 Å². The number of carbonyl (C=O) groups is 2. The van der Waals surface area contributed by atoms with Gasteiger partial charge in [-0.3, -0.25) is 4.79 Å². The van der Waals surface area contributed by atoms with Gasteiger partial charge in [-0.2, -0.15) is 0 Å². The van der Waals surface area contributed by atoms with Gasteiger partial charge in [-0.1, -0.05) is 49.2 Å². The van der Waals surface area contributed by atoms with Crippen LogP contribution in [-0.2, 0) is 11.3 Å². The molecule has 2 aromatic carbocycles. The highest BCUT2D eigenvalue weighted by molar-refractivity contribution is 6.30. The molecule has 0 aliphatic carbocycles. The molecule has 0 spiro atoms. The molecule has 28 heavy (non-hydrogen) atoms. The Labute approximate surface area is 169 Å². The zero-order valence-electron chi connectivity index (χ0n) is 16.0. The molecule has 0 aromatic heterocycles. The second-order valence-electron chi connectivity index (χ2n) is 6.58. The minimum absolute atomic E-state index is 0.241. The number of urea groups is 1. The van der Waals surface area contributed by atoms with Gasteiger partial charge >= 0.3 is 6.03 Å². The number of nitrogens with one attached hydrogen (secondary N) is 3. The van der Waals surface area contributed by atoms with E-state index in [1.54, 1.807) is 24.3 Å². The molecule has 0 saturated carbocycles. The van der Waals surface area contributed by atoms with Crippen molar-refractivity contribution in [3.8, 4) is 0 Å². The van der Waals surface area contributed by atoms with E-state index >= 15 is 0 Å². The summed E-state index contributed by atoms with van der Waals surface area (Å²) in [4.78, 5) is 24.8. The summed E-state index contributed by atoms with van der Waals surface area (Å²) in [6.45, 7) is 4.05. The van der Waals surface area contributed by atoms with Gasteiger partial charge in [0, 0.05) is 11.6 Å². The van der Waals surface area contributed by atoms with Gasteiger partial charge in [-0.15, -0.1) is 0 Å². The maximum Gasteiger partial charge on any atom is 0.315 e. The molecule has 0 aliphatic heterocycles. The van der Waals surface area contributed by atoms with E-state index in [1.807, 2.05) is 26.0 Å². The molecule has 3 N–H and O–H groups in total. The van der Waals surface area contributed by atoms with Crippen LogP contribution in [0.4, 0.5) is 9.18 Å². The quantitative estimate of drug-likeness (QED) is 0.612. The zero-order valence-corrected chi connectivity index (χ0v) is 16.7. The predicted molar refractivity (Wildman–Crippen MR) is 108 cm³/mol. The van der Waals surface area contributed by atoms with Crippen molar-refractivity contribution in [2.45, 2.75) is 45.3 Å². The third kappa shape index (κ3) is 6.85. The first-order chi connectivity index (χ1) is 13.4. The Morgan fingerprint density at radius 2 is 1.82 bits per heavy atom. The van der Waals surface area contributed by atoms with E-state index in [0.29, 0.717) is 11.4 Å². The van der Waals surface area contributed by atoms with Crippen LogP contribution in [-0.4, -0.2) is 18.0 Å². The maximum atomic E-state index is 12.9. The molecule has 0 aliphatic rings. The Hall–Kier alpha value is -2.60. The highest BCUT2D eigenvalue weighted by Crippen LogP contribution is 2.17. The van der Waals surface area contributed by atoms with Crippen molar-refractivity contribution in [2.24, 2.45) is 0 Å². The molecule has 5 nitrogen and oxygen atoms in total. The van der Waals surface area contributed by atoms with E-state index in [9.17, 15) is 14.0 Å². The molecule has 0 saturated heterocycles. The third-order valence-electron chi connectivity index (χ3n) is 4.27. The van der Waals surface area contributed by atoms with Gasteiger partial charge in [0.25, 0.3) is 0 Å². The second kappa shape index (κ2) is 10.7. The molecule has 0 fully saturated rings. The largest absolute Gasteiger partial charge is 0.348 e. The van der Waals surface area contributed by atoms with Crippen LogP contribution in [0.5, 0.6) is 0 Å². The predicted octanol–water partition coefficient (Wildman–Crippen LogP) is 4.32. The van der Waals surface area contributed by atoms with Crippen molar-refractivity contribution >= 4 is 23.5 Å². The topological polar surface area (TPSA) is 70.2 Å². The summed E-state index contributed by atoms with van der Waals surface area (Å²) in [6, 6.07) is 11.8. The molecule has 3 amide bonds. The fraction of sp³-hybridized carbons (Fsp3) is 0.333. The Morgan fingerprint density at radius 1 is 1.11 bits per heavy atom. The lowest BCUT2D eigenvalue weighted by molar-refractivity contribution is -0.123. The maximum absolute atomic E-state index is 12.9. The molecule has 150 valence electrons. The van der Waals surface area contributed by atoms with Crippen molar-refractivity contribution in [3.63, 3.8) is 0 Å². The monoisotopic (exact) mass is 405 g/mol. The smallest absolute Gasteiger partial charge is 0.315 e. The number of amides is 3. The fourth-order valence-electron chi connectivity index (χ4n) is 2.72. The summed E-state index contributed by atoms with van der Waals surface area (Å²) in [6.07, 6.45) is 1.25. The van der Waals surface area contributed by atoms with Crippen molar-refractivity contribution in [1.82, 2.24) is 16.0 Å². The Kier molecular flexibility index (Phi) is 8.26. The van der Waals surface area contributed by atoms with E-state index in [0.717, 1.165) is 17.5 Å². The third-order valence-corrected chi connectivity index (χ3v) is 4.51. The van der Waals surface area contributed by atoms with E-state index in [1.165, 1.54) is 12.1 Å². The van der Waals surface area contributed by atoms with Crippen LogP contribution in [0.25, 0.3) is 0 Å². The molecule has 2 aromatic rings. The van der Waals surface area contributed by atoms with Crippen LogP contribution >= 0.6 is 11.6 Å². The highest BCUT2D eigenvalue weighted by atomic mass is 35.5. The summed E-state index contributed by atoms with van der Waals surface area (Å²) in [7, 11) is 0. The standard InChI is InChI=1S/C21H25ClFN3O2/c1-3-5-19(20(27)25-14(2)16-6-4-7-17(22)12-16)26-21(28)24-13-15-8-10-18(23)11-9-15/h4,6-12,14,19H,3,5,13H2,1-2H3,(H,25,27)(H2,24,26,28). The summed E-state index contributed by atoms with van der Waals surface area (Å²) < 4.78 is 12.9. The molecule has 2 atom stereocenters. The lowest BCUT2D eigenvalue weighted by Gasteiger charge is -2.21. The van der Waals surface area contributed by atoms with E-state index in [4.69, 9.17) is 11.6 Å². The van der Waals surface area contributed by atoms with Crippen LogP contribution in [0.1, 0.15) is 43.9 Å². The van der Waals surface area contributed by atoms with Gasteiger partial charge in [0.1, 0.15) is 11.9 Å². The Balaban J connectivity index is 1.90. The van der Waals surface area contributed by atoms with Crippen LogP contribution in [0.15, 0.2) is 48.5 Å². The van der Waals surface area contributed by atoms with Gasteiger partial charge in [-0.05, 0) is 48.7 Å². The van der Waals surface area contributed by atoms with Crippen LogP contribution in [0.3, 0.4) is 0 Å². The van der Waals surface area contributed by atoms with E-state index < -0.39 is 12.1 Å². The molecular formula is C21H25ClFN3O2. The highest BCUT2D eigenvalue weighted by Gasteiger charge is 2.21. The fourth-order valence-corrected chi connectivity index (χ4v) is 2.92. The van der Waals surface area contributed by atoms with Crippen molar-refractivity contribution in [2.75, 3.05) is 0 Å². The molecule has 2 unspecified atom stereocenters. The zero-order chi connectivity index (χ0) is 20.5. The molecule has 2 rings (SSSR count). The normalized spacial score (nSPS) is 12.7. The first-order valence-electron chi connectivity index (χ1n) is 9.23. The lowest BCUT2D eigenvalue weighted by atomic mass is 10.1. The SMILES string of the molecule is CCCC(NC(=O)NCc1ccc(F)cc1)C(=O)NC(C)c1cccc(Cl)c1. The number of hydrogen-bond donors (Lipinski definition) is 3. The van der Waals surface area contributed by atoms with E-state index in [2.05, 4.69) is 16.0 Å². The van der Waals surface area contributed by atoms with Crippen molar-refractivity contribution < 1.29 is 14.0 Å². The molecule has 0 radical (unpaired) electrons. The Morgan fingerprint density at radius 3 is 2.46 bits per heavy atom. The lowest BCUT2D eigenvalue weighted by Crippen LogP contribution is -2.50. The number of benzene rings is 2. The van der Waals surface area contributed by atoms with Crippen molar-refractivity contribution in [1.29, 1.82) is 0 Å². The number of halogens is 2. The van der Waals surface area contributed by atoms with Gasteiger partial charge in [0.15, 0.2) is 0 Å². The first kappa shape index (κ1) is 21.7. The van der Waals surface area contributed by atoms with Gasteiger partial charge in [0.05, 0.1) is 6.04 Å². The minimum atomic E-state index is -0.653. The summed E-state index contributed by atoms with van der Waals surface area (Å²) in [5, 5.41) is 8.90. The second-order valence-corrected chi connectivity index (χ2v) is 7.02. The summed E-state index contributed by atoms with van der Waals surface area (Å²) in [5.41, 5.74) is 1.65. The number of carbonyl (C=O) groups excluding carboxylic acids is 2. The average molecular weight is 406 g/mol. The number of rotatable bonds is 8. The molecular weight excluding hydrogens is 381 g/mol. The molecule has 0 heterocycles. The van der Waals surface area contributed by atoms with E-state index in [-0.39, 0.29) is 24.3 Å². The minimum Gasteiger partial charge on any atom is -0.348 e.